The van der Waals surface area contributed by atoms with Crippen LogP contribution in [0.25, 0.3) is 11.1 Å². The van der Waals surface area contributed by atoms with Gasteiger partial charge in [0.2, 0.25) is 5.91 Å². The van der Waals surface area contributed by atoms with Gasteiger partial charge in [0.25, 0.3) is 0 Å². The number of carbonyl (C=O) groups excluding carboxylic acids is 1. The minimum atomic E-state index is -0.583. The standard InChI is InChI=1S/C26H38N2O2/c1-4-5-7-12-26(30)28-24(25(29)17-18-27-20(2)3)19-21-13-15-23(16-14-21)22-10-8-6-9-11-22/h6,8-11,13-16,20,24-25,27,29H,4-5,7,12,17-19H2,1-3H3,(H,28,30). The van der Waals surface area contributed by atoms with Gasteiger partial charge >= 0.3 is 0 Å². The van der Waals surface area contributed by atoms with Gasteiger partial charge in [0, 0.05) is 12.5 Å². The molecule has 2 atom stereocenters. The molecule has 0 aliphatic heterocycles. The molecule has 164 valence electrons. The Morgan fingerprint density at radius 3 is 2.27 bits per heavy atom. The van der Waals surface area contributed by atoms with E-state index < -0.39 is 6.10 Å². The van der Waals surface area contributed by atoms with E-state index in [0.717, 1.165) is 31.4 Å². The minimum absolute atomic E-state index is 0.0326. The van der Waals surface area contributed by atoms with E-state index in [4.69, 9.17) is 0 Å². The van der Waals surface area contributed by atoms with Gasteiger partial charge in [0.05, 0.1) is 12.1 Å². The molecule has 2 rings (SSSR count). The number of unbranched alkanes of at least 4 members (excludes halogenated alkanes) is 2. The van der Waals surface area contributed by atoms with Crippen molar-refractivity contribution in [2.75, 3.05) is 6.54 Å². The fraction of sp³-hybridized carbons (Fsp3) is 0.500. The molecule has 2 aromatic carbocycles. The van der Waals surface area contributed by atoms with E-state index >= 15 is 0 Å². The Morgan fingerprint density at radius 2 is 1.63 bits per heavy atom. The molecule has 0 fully saturated rings. The number of aliphatic hydroxyl groups excluding tert-OH is 1. The van der Waals surface area contributed by atoms with E-state index in [2.05, 4.69) is 67.8 Å². The van der Waals surface area contributed by atoms with Crippen LogP contribution in [0.3, 0.4) is 0 Å². The number of carbonyl (C=O) groups is 1. The summed E-state index contributed by atoms with van der Waals surface area (Å²) in [6.07, 6.45) is 4.21. The molecule has 0 saturated carbocycles. The lowest BCUT2D eigenvalue weighted by molar-refractivity contribution is -0.122. The van der Waals surface area contributed by atoms with Crippen LogP contribution < -0.4 is 10.6 Å². The molecule has 0 aliphatic rings. The van der Waals surface area contributed by atoms with Gasteiger partial charge in [0.15, 0.2) is 0 Å². The molecule has 30 heavy (non-hydrogen) atoms. The van der Waals surface area contributed by atoms with E-state index in [9.17, 15) is 9.90 Å². The lowest BCUT2D eigenvalue weighted by atomic mass is 9.96. The second kappa shape index (κ2) is 13.2. The van der Waals surface area contributed by atoms with Crippen LogP contribution in [0.15, 0.2) is 54.6 Å². The molecule has 4 heteroatoms. The third kappa shape index (κ3) is 8.68. The molecule has 0 radical (unpaired) electrons. The van der Waals surface area contributed by atoms with Crippen molar-refractivity contribution in [1.82, 2.24) is 10.6 Å². The van der Waals surface area contributed by atoms with Crippen molar-refractivity contribution in [1.29, 1.82) is 0 Å². The summed E-state index contributed by atoms with van der Waals surface area (Å²) >= 11 is 0. The SMILES string of the molecule is CCCCCC(=O)NC(Cc1ccc(-c2ccccc2)cc1)C(O)CCNC(C)C. The lowest BCUT2D eigenvalue weighted by Crippen LogP contribution is -2.46. The molecule has 0 aliphatic carbocycles. The van der Waals surface area contributed by atoms with E-state index in [1.165, 1.54) is 11.1 Å². The van der Waals surface area contributed by atoms with Crippen LogP contribution in [0.1, 0.15) is 58.4 Å². The first-order chi connectivity index (χ1) is 14.5. The Kier molecular flexibility index (Phi) is 10.6. The third-order valence-electron chi connectivity index (χ3n) is 5.33. The molecule has 0 aromatic heterocycles. The van der Waals surface area contributed by atoms with Crippen molar-refractivity contribution in [2.24, 2.45) is 0 Å². The lowest BCUT2D eigenvalue weighted by Gasteiger charge is -2.25. The van der Waals surface area contributed by atoms with Crippen molar-refractivity contribution in [2.45, 2.75) is 77.5 Å². The fourth-order valence-electron chi connectivity index (χ4n) is 3.54. The highest BCUT2D eigenvalue weighted by atomic mass is 16.3. The van der Waals surface area contributed by atoms with Gasteiger partial charge in [-0.1, -0.05) is 88.2 Å². The van der Waals surface area contributed by atoms with Crippen LogP contribution in [0.2, 0.25) is 0 Å². The first-order valence-electron chi connectivity index (χ1n) is 11.3. The van der Waals surface area contributed by atoms with Gasteiger partial charge in [-0.15, -0.1) is 0 Å². The topological polar surface area (TPSA) is 61.4 Å². The summed E-state index contributed by atoms with van der Waals surface area (Å²) in [6, 6.07) is 18.8. The Labute approximate surface area is 182 Å². The fourth-order valence-corrected chi connectivity index (χ4v) is 3.54. The number of nitrogens with one attached hydrogen (secondary N) is 2. The summed E-state index contributed by atoms with van der Waals surface area (Å²) in [7, 11) is 0. The second-order valence-corrected chi connectivity index (χ2v) is 8.36. The number of benzene rings is 2. The van der Waals surface area contributed by atoms with Gasteiger partial charge in [0.1, 0.15) is 0 Å². The first kappa shape index (κ1) is 24.1. The molecule has 0 bridgehead atoms. The predicted octanol–water partition coefficient (Wildman–Crippen LogP) is 4.71. The maximum Gasteiger partial charge on any atom is 0.220 e. The van der Waals surface area contributed by atoms with Crippen molar-refractivity contribution in [3.05, 3.63) is 60.2 Å². The van der Waals surface area contributed by atoms with Crippen molar-refractivity contribution in [3.8, 4) is 11.1 Å². The zero-order valence-corrected chi connectivity index (χ0v) is 18.7. The molecule has 4 nitrogen and oxygen atoms in total. The van der Waals surface area contributed by atoms with Crippen molar-refractivity contribution >= 4 is 5.91 Å². The largest absolute Gasteiger partial charge is 0.391 e. The molecule has 2 aromatic rings. The number of hydrogen-bond donors (Lipinski definition) is 3. The van der Waals surface area contributed by atoms with Crippen molar-refractivity contribution in [3.63, 3.8) is 0 Å². The molecule has 0 saturated heterocycles. The van der Waals surface area contributed by atoms with E-state index in [1.807, 2.05) is 18.2 Å². The zero-order chi connectivity index (χ0) is 21.8. The molecular weight excluding hydrogens is 372 g/mol. The smallest absolute Gasteiger partial charge is 0.220 e. The van der Waals surface area contributed by atoms with Crippen LogP contribution in [0.5, 0.6) is 0 Å². The van der Waals surface area contributed by atoms with Crippen LogP contribution in [-0.4, -0.2) is 35.7 Å². The summed E-state index contributed by atoms with van der Waals surface area (Å²) in [6.45, 7) is 7.04. The minimum Gasteiger partial charge on any atom is -0.391 e. The molecule has 0 spiro atoms. The Morgan fingerprint density at radius 1 is 0.967 bits per heavy atom. The van der Waals surface area contributed by atoms with Crippen LogP contribution >= 0.6 is 0 Å². The maximum atomic E-state index is 12.4. The summed E-state index contributed by atoms with van der Waals surface area (Å²) in [5, 5.41) is 17.2. The number of amides is 1. The summed E-state index contributed by atoms with van der Waals surface area (Å²) < 4.78 is 0. The molecule has 1 amide bonds. The average molecular weight is 411 g/mol. The summed E-state index contributed by atoms with van der Waals surface area (Å²) in [5.41, 5.74) is 3.47. The first-order valence-corrected chi connectivity index (χ1v) is 11.3. The highest BCUT2D eigenvalue weighted by Crippen LogP contribution is 2.20. The number of rotatable bonds is 13. The quantitative estimate of drug-likeness (QED) is 0.419. The molecule has 0 heterocycles. The average Bonchev–Trinajstić information content (AvgIpc) is 2.74. The van der Waals surface area contributed by atoms with Crippen LogP contribution in [-0.2, 0) is 11.2 Å². The maximum absolute atomic E-state index is 12.4. The van der Waals surface area contributed by atoms with Crippen LogP contribution in [0.4, 0.5) is 0 Å². The number of aliphatic hydroxyl groups is 1. The second-order valence-electron chi connectivity index (χ2n) is 8.36. The Bertz CT molecular complexity index is 728. The highest BCUT2D eigenvalue weighted by molar-refractivity contribution is 5.76. The third-order valence-corrected chi connectivity index (χ3v) is 5.33. The van der Waals surface area contributed by atoms with Gasteiger partial charge in [-0.2, -0.15) is 0 Å². The molecule has 2 unspecified atom stereocenters. The Hall–Kier alpha value is -2.17. The van der Waals surface area contributed by atoms with Crippen molar-refractivity contribution < 1.29 is 9.90 Å². The zero-order valence-electron chi connectivity index (χ0n) is 18.7. The van der Waals surface area contributed by atoms with E-state index in [0.29, 0.717) is 25.3 Å². The van der Waals surface area contributed by atoms with E-state index in [1.54, 1.807) is 0 Å². The normalized spacial score (nSPS) is 13.2. The van der Waals surface area contributed by atoms with Gasteiger partial charge in [-0.25, -0.2) is 0 Å². The van der Waals surface area contributed by atoms with E-state index in [-0.39, 0.29) is 11.9 Å². The van der Waals surface area contributed by atoms with Gasteiger partial charge in [-0.05, 0) is 42.5 Å². The summed E-state index contributed by atoms with van der Waals surface area (Å²) in [5.74, 6) is 0.0326. The highest BCUT2D eigenvalue weighted by Gasteiger charge is 2.21. The predicted molar refractivity (Wildman–Crippen MR) is 125 cm³/mol. The van der Waals surface area contributed by atoms with Gasteiger partial charge < -0.3 is 15.7 Å². The number of hydrogen-bond acceptors (Lipinski definition) is 3. The van der Waals surface area contributed by atoms with Gasteiger partial charge in [-0.3, -0.25) is 4.79 Å². The molecule has 3 N–H and O–H groups in total. The molecular formula is C26H38N2O2. The van der Waals surface area contributed by atoms with Crippen LogP contribution in [0, 0.1) is 0 Å². The monoisotopic (exact) mass is 410 g/mol. The Balaban J connectivity index is 2.02. The summed E-state index contributed by atoms with van der Waals surface area (Å²) in [4.78, 5) is 12.4.